The lowest BCUT2D eigenvalue weighted by atomic mass is 9.94. The average Bonchev–Trinajstić information content (AvgIpc) is 3.45. The standard InChI is InChI=1S/C24H25N3OS/c28-23-22(15-17-7-3-1-4-8-17)29-24(26-25-16-18-9-5-2-6-10-18)27(23)21-14-19-11-12-20(21)13-19/h1-10,16,19-22H,11-15H2/b25-16+,26-24-. The van der Waals surface area contributed by atoms with E-state index in [2.05, 4.69) is 22.3 Å². The highest BCUT2D eigenvalue weighted by Crippen LogP contribution is 2.49. The minimum atomic E-state index is -0.109. The predicted molar refractivity (Wildman–Crippen MR) is 119 cm³/mol. The van der Waals surface area contributed by atoms with Gasteiger partial charge in [-0.25, -0.2) is 0 Å². The zero-order valence-corrected chi connectivity index (χ0v) is 17.2. The number of benzene rings is 2. The van der Waals surface area contributed by atoms with Crippen molar-refractivity contribution < 1.29 is 4.79 Å². The fraction of sp³-hybridized carbons (Fsp3) is 0.375. The van der Waals surface area contributed by atoms with Crippen LogP contribution in [0.2, 0.25) is 0 Å². The number of amides is 1. The van der Waals surface area contributed by atoms with Crippen LogP contribution >= 0.6 is 11.8 Å². The molecule has 1 saturated heterocycles. The minimum absolute atomic E-state index is 0.109. The second kappa shape index (κ2) is 8.15. The monoisotopic (exact) mass is 403 g/mol. The molecule has 4 atom stereocenters. The number of nitrogens with zero attached hydrogens (tertiary/aromatic N) is 3. The summed E-state index contributed by atoms with van der Waals surface area (Å²) in [6, 6.07) is 20.5. The number of carbonyl (C=O) groups excluding carboxylic acids is 1. The summed E-state index contributed by atoms with van der Waals surface area (Å²) in [4.78, 5) is 15.4. The van der Waals surface area contributed by atoms with Crippen molar-refractivity contribution in [2.75, 3.05) is 0 Å². The van der Waals surface area contributed by atoms with E-state index in [-0.39, 0.29) is 11.2 Å². The van der Waals surface area contributed by atoms with Crippen molar-refractivity contribution in [2.24, 2.45) is 22.0 Å². The van der Waals surface area contributed by atoms with Gasteiger partial charge in [0.15, 0.2) is 5.17 Å². The molecule has 2 aliphatic carbocycles. The molecule has 4 nitrogen and oxygen atoms in total. The van der Waals surface area contributed by atoms with E-state index < -0.39 is 0 Å². The SMILES string of the molecule is O=C1C(Cc2ccccc2)S/C(=N\N=C\c2ccccc2)N1C1CC2CCC1C2. The van der Waals surface area contributed by atoms with Gasteiger partial charge in [-0.15, -0.1) is 5.10 Å². The van der Waals surface area contributed by atoms with Crippen molar-refractivity contribution in [1.29, 1.82) is 0 Å². The van der Waals surface area contributed by atoms with Gasteiger partial charge in [-0.2, -0.15) is 5.10 Å². The molecule has 1 heterocycles. The second-order valence-corrected chi connectivity index (χ2v) is 9.45. The van der Waals surface area contributed by atoms with Crippen molar-refractivity contribution in [3.63, 3.8) is 0 Å². The van der Waals surface area contributed by atoms with Gasteiger partial charge in [0, 0.05) is 6.04 Å². The van der Waals surface area contributed by atoms with Crippen LogP contribution in [0.1, 0.15) is 36.8 Å². The molecule has 2 bridgehead atoms. The van der Waals surface area contributed by atoms with Crippen molar-refractivity contribution >= 4 is 29.1 Å². The summed E-state index contributed by atoms with van der Waals surface area (Å²) in [5.74, 6) is 1.62. The highest BCUT2D eigenvalue weighted by molar-refractivity contribution is 8.15. The van der Waals surface area contributed by atoms with Crippen molar-refractivity contribution in [2.45, 2.75) is 43.4 Å². The van der Waals surface area contributed by atoms with E-state index in [1.807, 2.05) is 53.4 Å². The molecule has 1 amide bonds. The number of amidine groups is 1. The number of rotatable bonds is 5. The Bertz CT molecular complexity index is 928. The van der Waals surface area contributed by atoms with Crippen LogP contribution in [0.15, 0.2) is 70.9 Å². The lowest BCUT2D eigenvalue weighted by Crippen LogP contribution is -2.44. The minimum Gasteiger partial charge on any atom is -0.285 e. The van der Waals surface area contributed by atoms with Crippen LogP contribution in [0.3, 0.4) is 0 Å². The molecule has 3 fully saturated rings. The van der Waals surface area contributed by atoms with E-state index in [1.165, 1.54) is 24.8 Å². The van der Waals surface area contributed by atoms with E-state index in [0.29, 0.717) is 12.0 Å². The van der Waals surface area contributed by atoms with Crippen LogP contribution in [0.4, 0.5) is 0 Å². The van der Waals surface area contributed by atoms with E-state index in [1.54, 1.807) is 18.0 Å². The summed E-state index contributed by atoms with van der Waals surface area (Å²) in [6.07, 6.45) is 7.46. The molecule has 2 aromatic carbocycles. The zero-order chi connectivity index (χ0) is 19.6. The highest BCUT2D eigenvalue weighted by atomic mass is 32.2. The Morgan fingerprint density at radius 3 is 2.45 bits per heavy atom. The molecule has 2 saturated carbocycles. The van der Waals surface area contributed by atoms with Crippen LogP contribution in [-0.2, 0) is 11.2 Å². The topological polar surface area (TPSA) is 45.0 Å². The molecule has 0 spiro atoms. The van der Waals surface area contributed by atoms with Gasteiger partial charge in [0.2, 0.25) is 5.91 Å². The van der Waals surface area contributed by atoms with Crippen LogP contribution < -0.4 is 0 Å². The van der Waals surface area contributed by atoms with Gasteiger partial charge in [0.05, 0.1) is 11.5 Å². The molecule has 3 aliphatic rings. The third-order valence-electron chi connectivity index (χ3n) is 6.41. The van der Waals surface area contributed by atoms with Crippen LogP contribution in [0.5, 0.6) is 0 Å². The summed E-state index contributed by atoms with van der Waals surface area (Å²) < 4.78 is 0. The number of fused-ring (bicyclic) bond motifs is 2. The third-order valence-corrected chi connectivity index (χ3v) is 7.55. The molecule has 0 N–H and O–H groups in total. The maximum Gasteiger partial charge on any atom is 0.242 e. The van der Waals surface area contributed by atoms with Gasteiger partial charge >= 0.3 is 0 Å². The Balaban J connectivity index is 1.39. The van der Waals surface area contributed by atoms with E-state index >= 15 is 0 Å². The Kier molecular flexibility index (Phi) is 5.23. The zero-order valence-electron chi connectivity index (χ0n) is 16.4. The van der Waals surface area contributed by atoms with Gasteiger partial charge in [0.25, 0.3) is 0 Å². The average molecular weight is 404 g/mol. The maximum absolute atomic E-state index is 13.4. The smallest absolute Gasteiger partial charge is 0.242 e. The molecule has 1 aliphatic heterocycles. The van der Waals surface area contributed by atoms with Gasteiger partial charge in [-0.05, 0) is 48.6 Å². The van der Waals surface area contributed by atoms with Crippen LogP contribution in [-0.4, -0.2) is 33.5 Å². The summed E-state index contributed by atoms with van der Waals surface area (Å²) >= 11 is 1.58. The van der Waals surface area contributed by atoms with Gasteiger partial charge in [-0.3, -0.25) is 9.69 Å². The van der Waals surface area contributed by atoms with Gasteiger partial charge in [0.1, 0.15) is 0 Å². The number of carbonyl (C=O) groups is 1. The second-order valence-electron chi connectivity index (χ2n) is 8.28. The number of thioether (sulfide) groups is 1. The normalized spacial score (nSPS) is 30.1. The van der Waals surface area contributed by atoms with Crippen molar-refractivity contribution in [3.8, 4) is 0 Å². The molecule has 5 rings (SSSR count). The fourth-order valence-corrected chi connectivity index (χ4v) is 6.21. The molecule has 29 heavy (non-hydrogen) atoms. The highest BCUT2D eigenvalue weighted by Gasteiger charge is 2.49. The van der Waals surface area contributed by atoms with E-state index in [4.69, 9.17) is 0 Å². The molecule has 0 radical (unpaired) electrons. The fourth-order valence-electron chi connectivity index (χ4n) is 5.03. The molecule has 2 aromatic rings. The maximum atomic E-state index is 13.4. The molecule has 4 unspecified atom stereocenters. The molecular weight excluding hydrogens is 378 g/mol. The van der Waals surface area contributed by atoms with Gasteiger partial charge < -0.3 is 0 Å². The Hall–Kier alpha value is -2.40. The molecule has 5 heteroatoms. The first-order chi connectivity index (χ1) is 14.3. The summed E-state index contributed by atoms with van der Waals surface area (Å²) in [7, 11) is 0. The van der Waals surface area contributed by atoms with Crippen LogP contribution in [0, 0.1) is 11.8 Å². The first kappa shape index (κ1) is 18.6. The first-order valence-corrected chi connectivity index (χ1v) is 11.4. The molecular formula is C24H25N3OS. The van der Waals surface area contributed by atoms with Crippen molar-refractivity contribution in [3.05, 3.63) is 71.8 Å². The largest absolute Gasteiger partial charge is 0.285 e. The summed E-state index contributed by atoms with van der Waals surface area (Å²) in [6.45, 7) is 0. The lowest BCUT2D eigenvalue weighted by molar-refractivity contribution is -0.128. The Morgan fingerprint density at radius 2 is 1.76 bits per heavy atom. The lowest BCUT2D eigenvalue weighted by Gasteiger charge is -2.30. The van der Waals surface area contributed by atoms with E-state index in [9.17, 15) is 4.79 Å². The predicted octanol–water partition coefficient (Wildman–Crippen LogP) is 4.75. The Labute approximate surface area is 176 Å². The summed E-state index contributed by atoms with van der Waals surface area (Å²) in [5.41, 5.74) is 2.21. The quantitative estimate of drug-likeness (QED) is 0.534. The first-order valence-electron chi connectivity index (χ1n) is 10.5. The van der Waals surface area contributed by atoms with Crippen LogP contribution in [0.25, 0.3) is 0 Å². The van der Waals surface area contributed by atoms with E-state index in [0.717, 1.165) is 29.5 Å². The number of hydrogen-bond donors (Lipinski definition) is 0. The molecule has 0 aromatic heterocycles. The van der Waals surface area contributed by atoms with Crippen molar-refractivity contribution in [1.82, 2.24) is 4.90 Å². The summed E-state index contributed by atoms with van der Waals surface area (Å²) in [5, 5.41) is 9.53. The number of hydrogen-bond acceptors (Lipinski definition) is 4. The molecule has 148 valence electrons. The van der Waals surface area contributed by atoms with Gasteiger partial charge in [-0.1, -0.05) is 78.8 Å². The Morgan fingerprint density at radius 1 is 1.00 bits per heavy atom. The third kappa shape index (κ3) is 3.88.